The average Bonchev–Trinajstić information content (AvgIpc) is 2.55. The molecule has 2 aromatic rings. The van der Waals surface area contributed by atoms with Gasteiger partial charge >= 0.3 is 0 Å². The van der Waals surface area contributed by atoms with Crippen LogP contribution in [0.4, 0.5) is 5.69 Å². The maximum Gasteiger partial charge on any atom is 0.272 e. The van der Waals surface area contributed by atoms with Crippen molar-refractivity contribution in [1.29, 1.82) is 0 Å². The fourth-order valence-corrected chi connectivity index (χ4v) is 2.17. The van der Waals surface area contributed by atoms with E-state index < -0.39 is 10.8 Å². The molecule has 2 aromatic carbocycles. The van der Waals surface area contributed by atoms with Crippen molar-refractivity contribution in [3.63, 3.8) is 0 Å². The summed E-state index contributed by atoms with van der Waals surface area (Å²) >= 11 is 0. The standard InChI is InChI=1S/C18H19N3O4/c1-12(2)25-17-7-5-4-6-15(17)11-19-20-18(22)14-8-9-16(21(23)24)13(3)10-14/h4-12H,1-3H3,(H,20,22)/b19-11+. The lowest BCUT2D eigenvalue weighted by atomic mass is 10.1. The largest absolute Gasteiger partial charge is 0.490 e. The van der Waals surface area contributed by atoms with Gasteiger partial charge in [0, 0.05) is 22.8 Å². The molecular formula is C18H19N3O4. The average molecular weight is 341 g/mol. The van der Waals surface area contributed by atoms with Crippen LogP contribution in [-0.2, 0) is 0 Å². The van der Waals surface area contributed by atoms with Gasteiger partial charge < -0.3 is 4.74 Å². The second-order valence-corrected chi connectivity index (χ2v) is 5.66. The first-order chi connectivity index (χ1) is 11.9. The van der Waals surface area contributed by atoms with Crippen LogP contribution in [0.1, 0.15) is 35.3 Å². The van der Waals surface area contributed by atoms with E-state index in [2.05, 4.69) is 10.5 Å². The zero-order valence-electron chi connectivity index (χ0n) is 14.2. The predicted molar refractivity (Wildman–Crippen MR) is 95.1 cm³/mol. The molecular weight excluding hydrogens is 322 g/mol. The maximum absolute atomic E-state index is 12.1. The number of nitro groups is 1. The van der Waals surface area contributed by atoms with E-state index in [9.17, 15) is 14.9 Å². The normalized spacial score (nSPS) is 10.9. The van der Waals surface area contributed by atoms with Crippen LogP contribution in [0.3, 0.4) is 0 Å². The van der Waals surface area contributed by atoms with Crippen LogP contribution in [0.25, 0.3) is 0 Å². The minimum absolute atomic E-state index is 0.0206. The Morgan fingerprint density at radius 1 is 1.28 bits per heavy atom. The number of nitrogens with one attached hydrogen (secondary N) is 1. The Kier molecular flexibility index (Phi) is 5.84. The molecule has 0 radical (unpaired) electrons. The van der Waals surface area contributed by atoms with Gasteiger partial charge in [0.1, 0.15) is 5.75 Å². The third kappa shape index (κ3) is 4.87. The number of benzene rings is 2. The SMILES string of the molecule is Cc1cc(C(=O)N/N=C/c2ccccc2OC(C)C)ccc1[N+](=O)[O-]. The van der Waals surface area contributed by atoms with Gasteiger partial charge in [-0.05, 0) is 45.0 Å². The lowest BCUT2D eigenvalue weighted by molar-refractivity contribution is -0.385. The molecule has 2 rings (SSSR count). The summed E-state index contributed by atoms with van der Waals surface area (Å²) in [5.41, 5.74) is 3.83. The molecule has 0 aromatic heterocycles. The molecule has 7 nitrogen and oxygen atoms in total. The Labute approximate surface area is 145 Å². The van der Waals surface area contributed by atoms with Crippen molar-refractivity contribution in [3.8, 4) is 5.75 Å². The highest BCUT2D eigenvalue weighted by molar-refractivity contribution is 5.95. The summed E-state index contributed by atoms with van der Waals surface area (Å²) in [6.07, 6.45) is 1.51. The number of hydrogen-bond donors (Lipinski definition) is 1. The quantitative estimate of drug-likeness (QED) is 0.494. The number of nitro benzene ring substituents is 1. The van der Waals surface area contributed by atoms with E-state index in [1.807, 2.05) is 38.1 Å². The van der Waals surface area contributed by atoms with Gasteiger partial charge in [-0.25, -0.2) is 5.43 Å². The van der Waals surface area contributed by atoms with E-state index in [1.165, 1.54) is 24.4 Å². The number of ether oxygens (including phenoxy) is 1. The van der Waals surface area contributed by atoms with Gasteiger partial charge in [-0.15, -0.1) is 0 Å². The number of carbonyl (C=O) groups excluding carboxylic acids is 1. The molecule has 0 atom stereocenters. The molecule has 0 fully saturated rings. The van der Waals surface area contributed by atoms with Crippen molar-refractivity contribution in [1.82, 2.24) is 5.43 Å². The number of nitrogens with zero attached hydrogens (tertiary/aromatic N) is 2. The van der Waals surface area contributed by atoms with Crippen LogP contribution in [-0.4, -0.2) is 23.1 Å². The number of para-hydroxylation sites is 1. The van der Waals surface area contributed by atoms with Crippen LogP contribution in [0.2, 0.25) is 0 Å². The third-order valence-corrected chi connectivity index (χ3v) is 3.31. The monoisotopic (exact) mass is 341 g/mol. The lowest BCUT2D eigenvalue weighted by Crippen LogP contribution is -2.18. The van der Waals surface area contributed by atoms with Crippen molar-refractivity contribution in [3.05, 3.63) is 69.3 Å². The molecule has 0 bridgehead atoms. The first-order valence-electron chi connectivity index (χ1n) is 7.72. The van der Waals surface area contributed by atoms with E-state index in [4.69, 9.17) is 4.74 Å². The minimum atomic E-state index is -0.485. The van der Waals surface area contributed by atoms with Crippen molar-refractivity contribution in [2.24, 2.45) is 5.10 Å². The highest BCUT2D eigenvalue weighted by Gasteiger charge is 2.13. The van der Waals surface area contributed by atoms with Crippen LogP contribution in [0.5, 0.6) is 5.75 Å². The topological polar surface area (TPSA) is 93.8 Å². The number of amides is 1. The molecule has 0 spiro atoms. The fraction of sp³-hybridized carbons (Fsp3) is 0.222. The molecule has 0 heterocycles. The van der Waals surface area contributed by atoms with Gasteiger partial charge in [-0.2, -0.15) is 5.10 Å². The molecule has 7 heteroatoms. The van der Waals surface area contributed by atoms with Gasteiger partial charge in [0.15, 0.2) is 0 Å². The second kappa shape index (κ2) is 8.05. The Hall–Kier alpha value is -3.22. The van der Waals surface area contributed by atoms with Gasteiger partial charge in [0.2, 0.25) is 0 Å². The van der Waals surface area contributed by atoms with E-state index in [1.54, 1.807) is 6.92 Å². The zero-order chi connectivity index (χ0) is 18.4. The Morgan fingerprint density at radius 2 is 2.00 bits per heavy atom. The van der Waals surface area contributed by atoms with Crippen LogP contribution >= 0.6 is 0 Å². The van der Waals surface area contributed by atoms with Gasteiger partial charge in [0.05, 0.1) is 17.2 Å². The Bertz CT molecular complexity index is 816. The second-order valence-electron chi connectivity index (χ2n) is 5.66. The molecule has 25 heavy (non-hydrogen) atoms. The van der Waals surface area contributed by atoms with E-state index in [0.29, 0.717) is 16.9 Å². The fourth-order valence-electron chi connectivity index (χ4n) is 2.17. The number of carbonyl (C=O) groups is 1. The summed E-state index contributed by atoms with van der Waals surface area (Å²) in [7, 11) is 0. The van der Waals surface area contributed by atoms with Crippen LogP contribution in [0, 0.1) is 17.0 Å². The summed E-state index contributed by atoms with van der Waals surface area (Å²) < 4.78 is 5.67. The van der Waals surface area contributed by atoms with Crippen molar-refractivity contribution in [2.45, 2.75) is 26.9 Å². The molecule has 1 N–H and O–H groups in total. The van der Waals surface area contributed by atoms with Crippen LogP contribution < -0.4 is 10.2 Å². The summed E-state index contributed by atoms with van der Waals surface area (Å²) in [4.78, 5) is 22.4. The Morgan fingerprint density at radius 3 is 2.64 bits per heavy atom. The first kappa shape index (κ1) is 18.1. The molecule has 0 aliphatic heterocycles. The smallest absolute Gasteiger partial charge is 0.272 e. The number of hydrogen-bond acceptors (Lipinski definition) is 5. The first-order valence-corrected chi connectivity index (χ1v) is 7.72. The van der Waals surface area contributed by atoms with E-state index >= 15 is 0 Å². The summed E-state index contributed by atoms with van der Waals surface area (Å²) in [5, 5.41) is 14.7. The van der Waals surface area contributed by atoms with Crippen LogP contribution in [0.15, 0.2) is 47.6 Å². The van der Waals surface area contributed by atoms with E-state index in [-0.39, 0.29) is 11.8 Å². The molecule has 0 saturated carbocycles. The molecule has 0 aliphatic rings. The minimum Gasteiger partial charge on any atom is -0.490 e. The lowest BCUT2D eigenvalue weighted by Gasteiger charge is -2.11. The van der Waals surface area contributed by atoms with E-state index in [0.717, 1.165) is 5.56 Å². The molecule has 0 aliphatic carbocycles. The van der Waals surface area contributed by atoms with Crippen molar-refractivity contribution >= 4 is 17.8 Å². The van der Waals surface area contributed by atoms with Gasteiger partial charge in [0.25, 0.3) is 11.6 Å². The maximum atomic E-state index is 12.1. The molecule has 1 amide bonds. The highest BCUT2D eigenvalue weighted by atomic mass is 16.6. The number of rotatable bonds is 6. The van der Waals surface area contributed by atoms with Gasteiger partial charge in [-0.1, -0.05) is 12.1 Å². The summed E-state index contributed by atoms with van der Waals surface area (Å²) in [6, 6.07) is 11.5. The molecule has 130 valence electrons. The molecule has 0 unspecified atom stereocenters. The zero-order valence-corrected chi connectivity index (χ0v) is 14.2. The highest BCUT2D eigenvalue weighted by Crippen LogP contribution is 2.19. The van der Waals surface area contributed by atoms with Crippen molar-refractivity contribution in [2.75, 3.05) is 0 Å². The summed E-state index contributed by atoms with van der Waals surface area (Å²) in [5.74, 6) is 0.221. The van der Waals surface area contributed by atoms with Crippen molar-refractivity contribution < 1.29 is 14.5 Å². The Balaban J connectivity index is 2.09. The predicted octanol–water partition coefficient (Wildman–Crippen LogP) is 3.45. The third-order valence-electron chi connectivity index (χ3n) is 3.31. The van der Waals surface area contributed by atoms with Gasteiger partial charge in [-0.3, -0.25) is 14.9 Å². The number of hydrazone groups is 1. The molecule has 0 saturated heterocycles. The summed E-state index contributed by atoms with van der Waals surface area (Å²) in [6.45, 7) is 5.43. The number of aryl methyl sites for hydroxylation is 1.